The molecule has 1 amide bonds. The third kappa shape index (κ3) is 7.34. The van der Waals surface area contributed by atoms with Crippen LogP contribution in [0.2, 0.25) is 0 Å². The van der Waals surface area contributed by atoms with E-state index >= 15 is 0 Å². The van der Waals surface area contributed by atoms with Gasteiger partial charge < -0.3 is 15.5 Å². The maximum absolute atomic E-state index is 11.5. The van der Waals surface area contributed by atoms with Gasteiger partial charge >= 0.3 is 0 Å². The summed E-state index contributed by atoms with van der Waals surface area (Å²) in [6, 6.07) is 0. The van der Waals surface area contributed by atoms with Gasteiger partial charge in [-0.3, -0.25) is 4.79 Å². The molecule has 0 bridgehead atoms. The topological polar surface area (TPSA) is 44.4 Å². The number of nitrogens with one attached hydrogen (secondary N) is 2. The molecular weight excluding hydrogens is 214 g/mol. The molecule has 1 fully saturated rings. The second kappa shape index (κ2) is 6.97. The highest BCUT2D eigenvalue weighted by Gasteiger charge is 2.13. The molecule has 0 atom stereocenters. The average Bonchev–Trinajstić information content (AvgIpc) is 2.23. The van der Waals surface area contributed by atoms with E-state index in [2.05, 4.69) is 15.5 Å². The highest BCUT2D eigenvalue weighted by atomic mass is 16.2. The van der Waals surface area contributed by atoms with Crippen molar-refractivity contribution < 1.29 is 4.79 Å². The fourth-order valence-corrected chi connectivity index (χ4v) is 2.08. The first-order valence-corrected chi connectivity index (χ1v) is 6.71. The number of rotatable bonds is 5. The predicted octanol–water partition coefficient (Wildman–Crippen LogP) is 0.977. The summed E-state index contributed by atoms with van der Waals surface area (Å²) < 4.78 is 0. The van der Waals surface area contributed by atoms with Gasteiger partial charge in [-0.25, -0.2) is 0 Å². The molecule has 100 valence electrons. The fraction of sp³-hybridized carbons (Fsp3) is 0.923. The minimum absolute atomic E-state index is 0.0798. The number of amides is 1. The minimum Gasteiger partial charge on any atom is -0.350 e. The third-order valence-corrected chi connectivity index (χ3v) is 2.85. The molecule has 1 aliphatic heterocycles. The number of hydrogen-bond acceptors (Lipinski definition) is 3. The number of likely N-dealkylation sites (tertiary alicyclic amines) is 1. The van der Waals surface area contributed by atoms with Crippen molar-refractivity contribution >= 4 is 5.91 Å². The van der Waals surface area contributed by atoms with Crippen molar-refractivity contribution in [3.8, 4) is 0 Å². The van der Waals surface area contributed by atoms with E-state index in [1.807, 2.05) is 20.8 Å². The molecule has 0 unspecified atom stereocenters. The van der Waals surface area contributed by atoms with Gasteiger partial charge in [-0.05, 0) is 46.7 Å². The van der Waals surface area contributed by atoms with Gasteiger partial charge in [0.15, 0.2) is 0 Å². The molecule has 1 heterocycles. The molecule has 4 heteroatoms. The van der Waals surface area contributed by atoms with Crippen LogP contribution in [0.15, 0.2) is 0 Å². The van der Waals surface area contributed by atoms with Gasteiger partial charge in [-0.1, -0.05) is 6.42 Å². The van der Waals surface area contributed by atoms with Crippen LogP contribution in [0.3, 0.4) is 0 Å². The lowest BCUT2D eigenvalue weighted by atomic mass is 10.1. The number of carbonyl (C=O) groups is 1. The quantitative estimate of drug-likeness (QED) is 0.705. The maximum Gasteiger partial charge on any atom is 0.234 e. The molecular formula is C13H27N3O. The summed E-state index contributed by atoms with van der Waals surface area (Å²) in [4.78, 5) is 14.0. The Morgan fingerprint density at radius 2 is 1.82 bits per heavy atom. The van der Waals surface area contributed by atoms with Crippen molar-refractivity contribution in [3.05, 3.63) is 0 Å². The summed E-state index contributed by atoms with van der Waals surface area (Å²) in [6.45, 7) is 10.8. The molecule has 1 rings (SSSR count). The van der Waals surface area contributed by atoms with Crippen LogP contribution in [0, 0.1) is 0 Å². The minimum atomic E-state index is -0.133. The lowest BCUT2D eigenvalue weighted by molar-refractivity contribution is -0.121. The average molecular weight is 241 g/mol. The first-order chi connectivity index (χ1) is 7.97. The van der Waals surface area contributed by atoms with Gasteiger partial charge in [0, 0.05) is 18.6 Å². The van der Waals surface area contributed by atoms with E-state index in [0.29, 0.717) is 6.54 Å². The standard InChI is InChI=1S/C13H27N3O/c1-13(2,3)15-12(17)11-14-7-10-16-8-5-4-6-9-16/h14H,4-11H2,1-3H3,(H,15,17). The number of nitrogens with zero attached hydrogens (tertiary/aromatic N) is 1. The van der Waals surface area contributed by atoms with Gasteiger partial charge in [0.2, 0.25) is 5.91 Å². The summed E-state index contributed by atoms with van der Waals surface area (Å²) >= 11 is 0. The molecule has 2 N–H and O–H groups in total. The van der Waals surface area contributed by atoms with E-state index in [-0.39, 0.29) is 11.4 Å². The van der Waals surface area contributed by atoms with Crippen LogP contribution >= 0.6 is 0 Å². The summed E-state index contributed by atoms with van der Waals surface area (Å²) in [5.74, 6) is 0.0798. The van der Waals surface area contributed by atoms with Crippen molar-refractivity contribution in [3.63, 3.8) is 0 Å². The Morgan fingerprint density at radius 1 is 1.18 bits per heavy atom. The largest absolute Gasteiger partial charge is 0.350 e. The molecule has 0 saturated carbocycles. The van der Waals surface area contributed by atoms with Crippen molar-refractivity contribution in [1.29, 1.82) is 0 Å². The predicted molar refractivity (Wildman–Crippen MR) is 71.1 cm³/mol. The molecule has 0 aromatic heterocycles. The molecule has 0 radical (unpaired) electrons. The highest BCUT2D eigenvalue weighted by molar-refractivity contribution is 5.78. The molecule has 1 saturated heterocycles. The monoisotopic (exact) mass is 241 g/mol. The van der Waals surface area contributed by atoms with Crippen LogP contribution in [0.4, 0.5) is 0 Å². The highest BCUT2D eigenvalue weighted by Crippen LogP contribution is 2.07. The number of carbonyl (C=O) groups excluding carboxylic acids is 1. The van der Waals surface area contributed by atoms with Gasteiger partial charge in [0.25, 0.3) is 0 Å². The summed E-state index contributed by atoms with van der Waals surface area (Å²) in [6.07, 6.45) is 4.02. The smallest absolute Gasteiger partial charge is 0.234 e. The number of hydrogen-bond donors (Lipinski definition) is 2. The van der Waals surface area contributed by atoms with E-state index < -0.39 is 0 Å². The van der Waals surface area contributed by atoms with Crippen LogP contribution in [-0.2, 0) is 4.79 Å². The van der Waals surface area contributed by atoms with E-state index in [9.17, 15) is 4.79 Å². The normalized spacial score (nSPS) is 18.1. The Bertz CT molecular complexity index is 229. The molecule has 1 aliphatic rings. The molecule has 0 aliphatic carbocycles. The SMILES string of the molecule is CC(C)(C)NC(=O)CNCCN1CCCCC1. The lowest BCUT2D eigenvalue weighted by Gasteiger charge is -2.26. The van der Waals surface area contributed by atoms with Crippen molar-refractivity contribution in [2.75, 3.05) is 32.7 Å². The van der Waals surface area contributed by atoms with Gasteiger partial charge in [-0.15, -0.1) is 0 Å². The summed E-state index contributed by atoms with van der Waals surface area (Å²) in [7, 11) is 0. The molecule has 0 aromatic carbocycles. The Morgan fingerprint density at radius 3 is 2.41 bits per heavy atom. The van der Waals surface area contributed by atoms with Gasteiger partial charge in [0.05, 0.1) is 6.54 Å². The fourth-order valence-electron chi connectivity index (χ4n) is 2.08. The second-order valence-corrected chi connectivity index (χ2v) is 5.88. The van der Waals surface area contributed by atoms with Crippen molar-refractivity contribution in [2.45, 2.75) is 45.6 Å². The van der Waals surface area contributed by atoms with Crippen molar-refractivity contribution in [2.24, 2.45) is 0 Å². The second-order valence-electron chi connectivity index (χ2n) is 5.88. The Hall–Kier alpha value is -0.610. The number of piperidine rings is 1. The van der Waals surface area contributed by atoms with Gasteiger partial charge in [-0.2, -0.15) is 0 Å². The van der Waals surface area contributed by atoms with Crippen LogP contribution < -0.4 is 10.6 Å². The zero-order chi connectivity index (χ0) is 12.7. The molecule has 17 heavy (non-hydrogen) atoms. The van der Waals surface area contributed by atoms with Crippen LogP contribution in [-0.4, -0.2) is 49.1 Å². The van der Waals surface area contributed by atoms with E-state index in [4.69, 9.17) is 0 Å². The van der Waals surface area contributed by atoms with E-state index in [1.54, 1.807) is 0 Å². The summed E-state index contributed by atoms with van der Waals surface area (Å²) in [5.41, 5.74) is -0.133. The molecule has 0 aromatic rings. The summed E-state index contributed by atoms with van der Waals surface area (Å²) in [5, 5.41) is 6.14. The maximum atomic E-state index is 11.5. The van der Waals surface area contributed by atoms with Crippen LogP contribution in [0.5, 0.6) is 0 Å². The lowest BCUT2D eigenvalue weighted by Crippen LogP contribution is -2.46. The zero-order valence-electron chi connectivity index (χ0n) is 11.5. The van der Waals surface area contributed by atoms with Crippen LogP contribution in [0.1, 0.15) is 40.0 Å². The first kappa shape index (κ1) is 14.5. The Kier molecular flexibility index (Phi) is 5.92. The van der Waals surface area contributed by atoms with E-state index in [1.165, 1.54) is 32.4 Å². The van der Waals surface area contributed by atoms with Crippen molar-refractivity contribution in [1.82, 2.24) is 15.5 Å². The zero-order valence-corrected chi connectivity index (χ0v) is 11.5. The van der Waals surface area contributed by atoms with E-state index in [0.717, 1.165) is 13.1 Å². The molecule has 0 spiro atoms. The first-order valence-electron chi connectivity index (χ1n) is 6.71. The molecule has 4 nitrogen and oxygen atoms in total. The Labute approximate surface area is 105 Å². The van der Waals surface area contributed by atoms with Gasteiger partial charge in [0.1, 0.15) is 0 Å². The third-order valence-electron chi connectivity index (χ3n) is 2.85. The van der Waals surface area contributed by atoms with Crippen LogP contribution in [0.25, 0.3) is 0 Å². The Balaban J connectivity index is 2.01.